The number of fused-ring (bicyclic) bond motifs is 1. The summed E-state index contributed by atoms with van der Waals surface area (Å²) >= 11 is 0. The van der Waals surface area contributed by atoms with Crippen molar-refractivity contribution in [1.82, 2.24) is 29.9 Å². The molecular formula is C22H22N6O. The summed E-state index contributed by atoms with van der Waals surface area (Å²) in [7, 11) is 0. The number of para-hydroxylation sites is 2. The summed E-state index contributed by atoms with van der Waals surface area (Å²) in [5, 5.41) is 8.22. The molecule has 2 aromatic carbocycles. The number of imidazole rings is 1. The average molecular weight is 386 g/mol. The first kappa shape index (κ1) is 17.6. The fraction of sp³-hybridized carbons (Fsp3) is 0.273. The number of nitrogens with zero attached hydrogens (tertiary/aromatic N) is 5. The molecule has 0 bridgehead atoms. The van der Waals surface area contributed by atoms with Gasteiger partial charge in [0.1, 0.15) is 5.82 Å². The molecule has 5 rings (SSSR count). The molecule has 7 heteroatoms. The molecule has 1 N–H and O–H groups in total. The van der Waals surface area contributed by atoms with Gasteiger partial charge in [0.05, 0.1) is 22.9 Å². The van der Waals surface area contributed by atoms with Crippen molar-refractivity contribution in [3.8, 4) is 5.69 Å². The van der Waals surface area contributed by atoms with Crippen molar-refractivity contribution in [2.45, 2.75) is 25.7 Å². The van der Waals surface area contributed by atoms with Gasteiger partial charge in [-0.25, -0.2) is 9.67 Å². The molecule has 1 saturated heterocycles. The number of aryl methyl sites for hydroxylation is 1. The number of hydrogen-bond donors (Lipinski definition) is 1. The van der Waals surface area contributed by atoms with Crippen LogP contribution in [0.3, 0.4) is 0 Å². The van der Waals surface area contributed by atoms with Gasteiger partial charge in [-0.15, -0.1) is 5.10 Å². The number of nitrogens with one attached hydrogen (secondary N) is 1. The largest absolute Gasteiger partial charge is 0.342 e. The van der Waals surface area contributed by atoms with Gasteiger partial charge in [-0.05, 0) is 44.0 Å². The van der Waals surface area contributed by atoms with Gasteiger partial charge >= 0.3 is 0 Å². The van der Waals surface area contributed by atoms with Gasteiger partial charge in [0.15, 0.2) is 5.69 Å². The molecule has 1 aliphatic rings. The van der Waals surface area contributed by atoms with Gasteiger partial charge in [-0.2, -0.15) is 0 Å². The van der Waals surface area contributed by atoms with Crippen LogP contribution in [-0.4, -0.2) is 48.9 Å². The highest BCUT2D eigenvalue weighted by Gasteiger charge is 2.27. The summed E-state index contributed by atoms with van der Waals surface area (Å²) in [6, 6.07) is 16.0. The predicted molar refractivity (Wildman–Crippen MR) is 110 cm³/mol. The van der Waals surface area contributed by atoms with Crippen LogP contribution in [0.5, 0.6) is 0 Å². The van der Waals surface area contributed by atoms with Crippen molar-refractivity contribution >= 4 is 16.9 Å². The summed E-state index contributed by atoms with van der Waals surface area (Å²) in [4.78, 5) is 22.9. The number of rotatable bonds is 3. The number of aromatic amines is 1. The molecule has 7 nitrogen and oxygen atoms in total. The van der Waals surface area contributed by atoms with Crippen LogP contribution in [0.1, 0.15) is 40.6 Å². The van der Waals surface area contributed by atoms with E-state index in [0.29, 0.717) is 24.7 Å². The summed E-state index contributed by atoms with van der Waals surface area (Å²) < 4.78 is 1.65. The molecule has 0 atom stereocenters. The van der Waals surface area contributed by atoms with E-state index < -0.39 is 0 Å². The third-order valence-electron chi connectivity index (χ3n) is 5.59. The molecule has 1 amide bonds. The zero-order valence-electron chi connectivity index (χ0n) is 16.2. The molecule has 0 aliphatic carbocycles. The van der Waals surface area contributed by atoms with Crippen LogP contribution in [-0.2, 0) is 0 Å². The third-order valence-corrected chi connectivity index (χ3v) is 5.59. The monoisotopic (exact) mass is 386 g/mol. The molecule has 2 aromatic heterocycles. The average Bonchev–Trinajstić information content (AvgIpc) is 3.41. The smallest absolute Gasteiger partial charge is 0.276 e. The lowest BCUT2D eigenvalue weighted by Gasteiger charge is -2.30. The third kappa shape index (κ3) is 3.40. The molecule has 0 spiro atoms. The summed E-state index contributed by atoms with van der Waals surface area (Å²) in [6.45, 7) is 3.42. The second-order valence-electron chi connectivity index (χ2n) is 7.59. The standard InChI is InChI=1S/C22H22N6O/c1-15-6-8-17(9-7-15)28-14-20(25-26-28)22(29)27-12-10-16(11-13-27)21-23-18-4-2-3-5-19(18)24-21/h2-9,14,16H,10-13H2,1H3,(H,23,24). The molecule has 1 aliphatic heterocycles. The molecule has 3 heterocycles. The minimum Gasteiger partial charge on any atom is -0.342 e. The van der Waals surface area contributed by atoms with Gasteiger partial charge in [-0.3, -0.25) is 4.79 Å². The number of H-pyrrole nitrogens is 1. The predicted octanol–water partition coefficient (Wildman–Crippen LogP) is 3.47. The Hall–Kier alpha value is -3.48. The molecule has 0 saturated carbocycles. The Balaban J connectivity index is 1.26. The zero-order valence-corrected chi connectivity index (χ0v) is 16.2. The van der Waals surface area contributed by atoms with E-state index in [2.05, 4.69) is 15.3 Å². The van der Waals surface area contributed by atoms with Gasteiger partial charge in [0, 0.05) is 19.0 Å². The normalized spacial score (nSPS) is 15.1. The first-order chi connectivity index (χ1) is 14.2. The molecule has 146 valence electrons. The zero-order chi connectivity index (χ0) is 19.8. The number of carbonyl (C=O) groups excluding carboxylic acids is 1. The molecule has 29 heavy (non-hydrogen) atoms. The Labute approximate surface area is 168 Å². The van der Waals surface area contributed by atoms with E-state index in [1.807, 2.05) is 60.4 Å². The van der Waals surface area contributed by atoms with Gasteiger partial charge in [-0.1, -0.05) is 35.0 Å². The highest BCUT2D eigenvalue weighted by molar-refractivity contribution is 5.92. The van der Waals surface area contributed by atoms with Gasteiger partial charge in [0.25, 0.3) is 5.91 Å². The second kappa shape index (κ2) is 7.16. The molecule has 0 radical (unpaired) electrons. The van der Waals surface area contributed by atoms with E-state index in [1.165, 1.54) is 5.56 Å². The highest BCUT2D eigenvalue weighted by Crippen LogP contribution is 2.28. The van der Waals surface area contributed by atoms with E-state index in [0.717, 1.165) is 35.4 Å². The van der Waals surface area contributed by atoms with Crippen molar-refractivity contribution in [2.75, 3.05) is 13.1 Å². The molecule has 0 unspecified atom stereocenters. The van der Waals surface area contributed by atoms with E-state index in [4.69, 9.17) is 4.98 Å². The second-order valence-corrected chi connectivity index (χ2v) is 7.59. The summed E-state index contributed by atoms with van der Waals surface area (Å²) in [6.07, 6.45) is 3.48. The SMILES string of the molecule is Cc1ccc(-n2cc(C(=O)N3CCC(c4nc5ccccc5[nH]4)CC3)nn2)cc1. The lowest BCUT2D eigenvalue weighted by atomic mass is 9.96. The molecular weight excluding hydrogens is 364 g/mol. The Morgan fingerprint density at radius 1 is 1.07 bits per heavy atom. The van der Waals surface area contributed by atoms with E-state index in [9.17, 15) is 4.79 Å². The lowest BCUT2D eigenvalue weighted by Crippen LogP contribution is -2.38. The maximum absolute atomic E-state index is 12.9. The van der Waals surface area contributed by atoms with Crippen LogP contribution in [0.15, 0.2) is 54.7 Å². The Bertz CT molecular complexity index is 1120. The fourth-order valence-corrected chi connectivity index (χ4v) is 3.87. The Kier molecular flexibility index (Phi) is 4.35. The summed E-state index contributed by atoms with van der Waals surface area (Å²) in [5.41, 5.74) is 4.51. The maximum Gasteiger partial charge on any atom is 0.276 e. The molecule has 4 aromatic rings. The van der Waals surface area contributed by atoms with Gasteiger partial charge in [0.2, 0.25) is 0 Å². The molecule has 1 fully saturated rings. The van der Waals surface area contributed by atoms with Crippen molar-refractivity contribution in [3.63, 3.8) is 0 Å². The summed E-state index contributed by atoms with van der Waals surface area (Å²) in [5.74, 6) is 1.30. The number of piperidine rings is 1. The first-order valence-corrected chi connectivity index (χ1v) is 9.91. The van der Waals surface area contributed by atoms with E-state index in [1.54, 1.807) is 10.9 Å². The minimum absolute atomic E-state index is 0.0635. The van der Waals surface area contributed by atoms with Crippen LogP contribution < -0.4 is 0 Å². The van der Waals surface area contributed by atoms with Crippen LogP contribution in [0.4, 0.5) is 0 Å². The van der Waals surface area contributed by atoms with Gasteiger partial charge < -0.3 is 9.88 Å². The first-order valence-electron chi connectivity index (χ1n) is 9.91. The minimum atomic E-state index is -0.0635. The number of benzene rings is 2. The number of likely N-dealkylation sites (tertiary alicyclic amines) is 1. The Morgan fingerprint density at radius 3 is 2.59 bits per heavy atom. The topological polar surface area (TPSA) is 79.7 Å². The number of carbonyl (C=O) groups is 1. The van der Waals surface area contributed by atoms with Crippen molar-refractivity contribution in [3.05, 3.63) is 71.8 Å². The van der Waals surface area contributed by atoms with E-state index >= 15 is 0 Å². The van der Waals surface area contributed by atoms with E-state index in [-0.39, 0.29) is 5.91 Å². The number of aromatic nitrogens is 5. The van der Waals surface area contributed by atoms with Crippen LogP contribution in [0, 0.1) is 6.92 Å². The highest BCUT2D eigenvalue weighted by atomic mass is 16.2. The van der Waals surface area contributed by atoms with Crippen LogP contribution in [0.2, 0.25) is 0 Å². The number of hydrogen-bond acceptors (Lipinski definition) is 4. The quantitative estimate of drug-likeness (QED) is 0.585. The van der Waals surface area contributed by atoms with Crippen molar-refractivity contribution < 1.29 is 4.79 Å². The van der Waals surface area contributed by atoms with Crippen LogP contribution >= 0.6 is 0 Å². The lowest BCUT2D eigenvalue weighted by molar-refractivity contribution is 0.0705. The number of amides is 1. The van der Waals surface area contributed by atoms with Crippen LogP contribution in [0.25, 0.3) is 16.7 Å². The Morgan fingerprint density at radius 2 is 1.83 bits per heavy atom. The fourth-order valence-electron chi connectivity index (χ4n) is 3.87. The maximum atomic E-state index is 12.9. The van der Waals surface area contributed by atoms with Crippen molar-refractivity contribution in [1.29, 1.82) is 0 Å². The van der Waals surface area contributed by atoms with Crippen molar-refractivity contribution in [2.24, 2.45) is 0 Å².